The Hall–Kier alpha value is -4.73. The number of halogens is 1. The van der Waals surface area contributed by atoms with Gasteiger partial charge in [-0.1, -0.05) is 41.9 Å². The molecule has 10 heteroatoms. The molecule has 0 bridgehead atoms. The SMILES string of the molecule is COc1cc(O)ccc1/C=C(/NC(=O)c1ccccc1)C(=O)Nc1cccc(SC(C)C(=O)Nc2cccc(Cl)c2)c1. The molecule has 4 aromatic carbocycles. The number of amides is 3. The summed E-state index contributed by atoms with van der Waals surface area (Å²) in [6.45, 7) is 1.78. The van der Waals surface area contributed by atoms with Crippen molar-refractivity contribution in [3.8, 4) is 11.5 Å². The van der Waals surface area contributed by atoms with Crippen molar-refractivity contribution < 1.29 is 24.2 Å². The average Bonchev–Trinajstić information content (AvgIpc) is 2.98. The molecule has 0 aliphatic carbocycles. The van der Waals surface area contributed by atoms with Crippen LogP contribution in [0, 0.1) is 0 Å². The fourth-order valence-electron chi connectivity index (χ4n) is 3.83. The molecule has 214 valence electrons. The molecule has 0 aromatic heterocycles. The van der Waals surface area contributed by atoms with Gasteiger partial charge in [0, 0.05) is 38.5 Å². The van der Waals surface area contributed by atoms with Crippen LogP contribution in [-0.2, 0) is 9.59 Å². The second kappa shape index (κ2) is 14.2. The number of phenolic OH excluding ortho intramolecular Hbond substituents is 1. The van der Waals surface area contributed by atoms with Crippen LogP contribution < -0.4 is 20.7 Å². The number of phenols is 1. The predicted octanol–water partition coefficient (Wildman–Crippen LogP) is 6.58. The number of carbonyl (C=O) groups excluding carboxylic acids is 3. The van der Waals surface area contributed by atoms with Crippen molar-refractivity contribution in [2.45, 2.75) is 17.1 Å². The lowest BCUT2D eigenvalue weighted by atomic mass is 10.1. The lowest BCUT2D eigenvalue weighted by molar-refractivity contribution is -0.115. The molecule has 0 saturated heterocycles. The Bertz CT molecular complexity index is 1630. The van der Waals surface area contributed by atoms with Crippen LogP contribution in [0.15, 0.2) is 108 Å². The van der Waals surface area contributed by atoms with Gasteiger partial charge in [0.2, 0.25) is 5.91 Å². The van der Waals surface area contributed by atoms with Crippen molar-refractivity contribution in [2.24, 2.45) is 0 Å². The highest BCUT2D eigenvalue weighted by atomic mass is 35.5. The molecule has 4 rings (SSSR count). The zero-order chi connectivity index (χ0) is 30.1. The summed E-state index contributed by atoms with van der Waals surface area (Å²) >= 11 is 7.33. The number of ether oxygens (including phenoxy) is 1. The van der Waals surface area contributed by atoms with Gasteiger partial charge in [-0.15, -0.1) is 11.8 Å². The Balaban J connectivity index is 1.52. The maximum absolute atomic E-state index is 13.5. The van der Waals surface area contributed by atoms with Crippen molar-refractivity contribution in [1.29, 1.82) is 0 Å². The first-order valence-electron chi connectivity index (χ1n) is 12.8. The third-order valence-corrected chi connectivity index (χ3v) is 7.24. The van der Waals surface area contributed by atoms with Crippen LogP contribution in [0.5, 0.6) is 11.5 Å². The third kappa shape index (κ3) is 8.39. The molecule has 4 N–H and O–H groups in total. The average molecular weight is 602 g/mol. The second-order valence-corrected chi connectivity index (χ2v) is 10.9. The highest BCUT2D eigenvalue weighted by Crippen LogP contribution is 2.28. The fraction of sp³-hybridized carbons (Fsp3) is 0.0938. The lowest BCUT2D eigenvalue weighted by Gasteiger charge is -2.14. The van der Waals surface area contributed by atoms with Crippen molar-refractivity contribution in [2.75, 3.05) is 17.7 Å². The van der Waals surface area contributed by atoms with Gasteiger partial charge in [0.05, 0.1) is 12.4 Å². The van der Waals surface area contributed by atoms with E-state index in [0.717, 1.165) is 4.90 Å². The van der Waals surface area contributed by atoms with Gasteiger partial charge in [0.25, 0.3) is 11.8 Å². The summed E-state index contributed by atoms with van der Waals surface area (Å²) in [5.74, 6) is -0.943. The molecule has 0 heterocycles. The first-order valence-corrected chi connectivity index (χ1v) is 14.1. The Labute approximate surface area is 252 Å². The number of hydrogen-bond donors (Lipinski definition) is 4. The highest BCUT2D eigenvalue weighted by Gasteiger charge is 2.18. The topological polar surface area (TPSA) is 117 Å². The molecule has 0 aliphatic rings. The normalized spacial score (nSPS) is 11.7. The Morgan fingerprint density at radius 1 is 0.881 bits per heavy atom. The van der Waals surface area contributed by atoms with E-state index in [0.29, 0.717) is 33.3 Å². The van der Waals surface area contributed by atoms with Gasteiger partial charge in [-0.3, -0.25) is 14.4 Å². The summed E-state index contributed by atoms with van der Waals surface area (Å²) in [5.41, 5.74) is 1.86. The zero-order valence-electron chi connectivity index (χ0n) is 22.8. The minimum absolute atomic E-state index is 0.00638. The van der Waals surface area contributed by atoms with Crippen LogP contribution in [0.25, 0.3) is 6.08 Å². The number of nitrogens with one attached hydrogen (secondary N) is 3. The molecule has 0 aliphatic heterocycles. The van der Waals surface area contributed by atoms with E-state index in [9.17, 15) is 19.5 Å². The summed E-state index contributed by atoms with van der Waals surface area (Å²) in [6, 6.07) is 26.9. The van der Waals surface area contributed by atoms with E-state index < -0.39 is 17.1 Å². The standard InChI is InChI=1S/C32H28ClN3O5S/c1-20(30(38)34-24-11-6-10-23(33)17-24)42-27-13-7-12-25(18-27)35-32(40)28(36-31(39)21-8-4-3-5-9-21)16-22-14-15-26(37)19-29(22)41-2/h3-20,37H,1-2H3,(H,34,38)(H,35,40)(H,36,39)/b28-16+. The van der Waals surface area contributed by atoms with E-state index in [2.05, 4.69) is 16.0 Å². The monoisotopic (exact) mass is 601 g/mol. The summed E-state index contributed by atoms with van der Waals surface area (Å²) < 4.78 is 5.34. The van der Waals surface area contributed by atoms with Gasteiger partial charge in [-0.25, -0.2) is 0 Å². The largest absolute Gasteiger partial charge is 0.508 e. The van der Waals surface area contributed by atoms with Gasteiger partial charge in [-0.05, 0) is 73.7 Å². The first-order chi connectivity index (χ1) is 20.2. The number of aromatic hydroxyl groups is 1. The maximum atomic E-state index is 13.5. The summed E-state index contributed by atoms with van der Waals surface area (Å²) in [6.07, 6.45) is 1.47. The molecule has 42 heavy (non-hydrogen) atoms. The molecule has 8 nitrogen and oxygen atoms in total. The van der Waals surface area contributed by atoms with Gasteiger partial charge >= 0.3 is 0 Å². The second-order valence-electron chi connectivity index (χ2n) is 9.05. The first kappa shape index (κ1) is 30.2. The number of carbonyl (C=O) groups is 3. The number of anilines is 2. The molecule has 4 aromatic rings. The molecule has 0 spiro atoms. The molecule has 0 fully saturated rings. The summed E-state index contributed by atoms with van der Waals surface area (Å²) in [7, 11) is 1.44. The number of hydrogen-bond acceptors (Lipinski definition) is 6. The smallest absolute Gasteiger partial charge is 0.272 e. The Morgan fingerprint density at radius 2 is 1.60 bits per heavy atom. The lowest BCUT2D eigenvalue weighted by Crippen LogP contribution is -2.30. The van der Waals surface area contributed by atoms with Crippen LogP contribution in [0.2, 0.25) is 5.02 Å². The quantitative estimate of drug-likeness (QED) is 0.120. The van der Waals surface area contributed by atoms with Crippen molar-refractivity contribution >= 4 is 58.5 Å². The Morgan fingerprint density at radius 3 is 2.31 bits per heavy atom. The van der Waals surface area contributed by atoms with Crippen molar-refractivity contribution in [1.82, 2.24) is 5.32 Å². The van der Waals surface area contributed by atoms with Gasteiger partial charge in [-0.2, -0.15) is 0 Å². The summed E-state index contributed by atoms with van der Waals surface area (Å²) in [5, 5.41) is 18.2. The number of benzene rings is 4. The van der Waals surface area contributed by atoms with E-state index in [1.165, 1.54) is 37.1 Å². The molecule has 0 saturated carbocycles. The summed E-state index contributed by atoms with van der Waals surface area (Å²) in [4.78, 5) is 39.9. The molecule has 0 radical (unpaired) electrons. The predicted molar refractivity (Wildman–Crippen MR) is 167 cm³/mol. The number of thioether (sulfide) groups is 1. The minimum atomic E-state index is -0.580. The van der Waals surface area contributed by atoms with Crippen molar-refractivity contribution in [3.05, 3.63) is 119 Å². The van der Waals surface area contributed by atoms with Crippen LogP contribution in [-0.4, -0.2) is 35.2 Å². The number of methoxy groups -OCH3 is 1. The van der Waals surface area contributed by atoms with Crippen molar-refractivity contribution in [3.63, 3.8) is 0 Å². The van der Waals surface area contributed by atoms with Gasteiger partial charge in [0.15, 0.2) is 0 Å². The third-order valence-electron chi connectivity index (χ3n) is 5.91. The minimum Gasteiger partial charge on any atom is -0.508 e. The Kier molecular flexibility index (Phi) is 10.3. The van der Waals surface area contributed by atoms with Gasteiger partial charge in [0.1, 0.15) is 17.2 Å². The van der Waals surface area contributed by atoms with E-state index in [4.69, 9.17) is 16.3 Å². The van der Waals surface area contributed by atoms with Crippen LogP contribution in [0.4, 0.5) is 11.4 Å². The zero-order valence-corrected chi connectivity index (χ0v) is 24.3. The molecule has 1 unspecified atom stereocenters. The molecular weight excluding hydrogens is 574 g/mol. The van der Waals surface area contributed by atoms with E-state index in [1.54, 1.807) is 85.8 Å². The van der Waals surface area contributed by atoms with Gasteiger partial charge < -0.3 is 25.8 Å². The number of rotatable bonds is 10. The molecular formula is C32H28ClN3O5S. The van der Waals surface area contributed by atoms with Crippen LogP contribution in [0.1, 0.15) is 22.8 Å². The van der Waals surface area contributed by atoms with Crippen LogP contribution >= 0.6 is 23.4 Å². The van der Waals surface area contributed by atoms with E-state index in [-0.39, 0.29) is 17.4 Å². The highest BCUT2D eigenvalue weighted by molar-refractivity contribution is 8.00. The fourth-order valence-corrected chi connectivity index (χ4v) is 4.95. The maximum Gasteiger partial charge on any atom is 0.272 e. The molecule has 1 atom stereocenters. The molecule has 3 amide bonds. The van der Waals surface area contributed by atoms with E-state index in [1.807, 2.05) is 6.07 Å². The van der Waals surface area contributed by atoms with Crippen LogP contribution in [0.3, 0.4) is 0 Å². The van der Waals surface area contributed by atoms with E-state index >= 15 is 0 Å².